The van der Waals surface area contributed by atoms with Crippen molar-refractivity contribution in [2.75, 3.05) is 5.32 Å². The molecular weight excluding hydrogens is 322 g/mol. The molecule has 0 fully saturated rings. The Labute approximate surface area is 158 Å². The molecule has 26 heavy (non-hydrogen) atoms. The molecule has 0 atom stereocenters. The van der Waals surface area contributed by atoms with E-state index < -0.39 is 5.91 Å². The Morgan fingerprint density at radius 2 is 2.04 bits per heavy atom. The van der Waals surface area contributed by atoms with Crippen molar-refractivity contribution >= 4 is 11.6 Å². The molecule has 142 valence electrons. The monoisotopic (exact) mass is 355 g/mol. The lowest BCUT2D eigenvalue weighted by molar-refractivity contribution is -0.114. The molecule has 1 aromatic rings. The van der Waals surface area contributed by atoms with Gasteiger partial charge in [0.1, 0.15) is 0 Å². The summed E-state index contributed by atoms with van der Waals surface area (Å²) in [4.78, 5) is 16.4. The van der Waals surface area contributed by atoms with E-state index in [4.69, 9.17) is 5.73 Å². The second-order valence-electron chi connectivity index (χ2n) is 7.26. The number of aryl methyl sites for hydroxylation is 2. The van der Waals surface area contributed by atoms with E-state index in [-0.39, 0.29) is 0 Å². The maximum absolute atomic E-state index is 11.9. The average Bonchev–Trinajstić information content (AvgIpc) is 2.56. The quantitative estimate of drug-likeness (QED) is 0.480. The third-order valence-electron chi connectivity index (χ3n) is 4.54. The molecule has 1 amide bonds. The van der Waals surface area contributed by atoms with Crippen LogP contribution in [0.2, 0.25) is 0 Å². The summed E-state index contributed by atoms with van der Waals surface area (Å²) in [5, 5.41) is 3.16. The minimum Gasteiger partial charge on any atom is -0.366 e. The zero-order chi connectivity index (χ0) is 19.9. The van der Waals surface area contributed by atoms with Gasteiger partial charge in [-0.3, -0.25) is 9.78 Å². The van der Waals surface area contributed by atoms with Crippen molar-refractivity contribution in [1.29, 1.82) is 0 Å². The molecule has 0 aliphatic heterocycles. The number of carbonyl (C=O) groups is 1. The third kappa shape index (κ3) is 6.51. The van der Waals surface area contributed by atoms with Crippen LogP contribution in [0.5, 0.6) is 0 Å². The van der Waals surface area contributed by atoms with Crippen molar-refractivity contribution < 1.29 is 4.79 Å². The molecule has 0 bridgehead atoms. The lowest BCUT2D eigenvalue weighted by Gasteiger charge is -2.14. The average molecular weight is 356 g/mol. The van der Waals surface area contributed by atoms with Gasteiger partial charge in [0.05, 0.1) is 17.5 Å². The van der Waals surface area contributed by atoms with Gasteiger partial charge in [0.2, 0.25) is 0 Å². The summed E-state index contributed by atoms with van der Waals surface area (Å²) in [6.07, 6.45) is 6.60. The zero-order valence-electron chi connectivity index (χ0n) is 17.1. The van der Waals surface area contributed by atoms with Crippen molar-refractivity contribution in [2.45, 2.75) is 60.8 Å². The highest BCUT2D eigenvalue weighted by atomic mass is 16.1. The van der Waals surface area contributed by atoms with Crippen LogP contribution in [0.3, 0.4) is 0 Å². The van der Waals surface area contributed by atoms with E-state index in [2.05, 4.69) is 44.6 Å². The number of rotatable bonds is 9. The normalized spacial score (nSPS) is 12.8. The maximum atomic E-state index is 11.9. The number of hydrogen-bond donors (Lipinski definition) is 2. The Morgan fingerprint density at radius 1 is 1.38 bits per heavy atom. The van der Waals surface area contributed by atoms with Crippen LogP contribution in [0.25, 0.3) is 0 Å². The Bertz CT molecular complexity index is 727. The summed E-state index contributed by atoms with van der Waals surface area (Å²) in [5.41, 5.74) is 11.8. The summed E-state index contributed by atoms with van der Waals surface area (Å²) >= 11 is 0. The van der Waals surface area contributed by atoms with Gasteiger partial charge in [-0.1, -0.05) is 38.5 Å². The van der Waals surface area contributed by atoms with Crippen LogP contribution in [0.15, 0.2) is 47.3 Å². The molecule has 0 aliphatic carbocycles. The first-order chi connectivity index (χ1) is 12.1. The van der Waals surface area contributed by atoms with Crippen molar-refractivity contribution in [3.8, 4) is 0 Å². The molecule has 4 heteroatoms. The van der Waals surface area contributed by atoms with Crippen molar-refractivity contribution in [3.63, 3.8) is 0 Å². The number of pyridine rings is 1. The minimum atomic E-state index is -0.492. The van der Waals surface area contributed by atoms with E-state index in [1.807, 2.05) is 26.0 Å². The first-order valence-corrected chi connectivity index (χ1v) is 9.25. The van der Waals surface area contributed by atoms with Crippen LogP contribution >= 0.6 is 0 Å². The van der Waals surface area contributed by atoms with Crippen LogP contribution in [-0.4, -0.2) is 10.9 Å². The van der Waals surface area contributed by atoms with Crippen molar-refractivity contribution in [1.82, 2.24) is 4.98 Å². The number of anilines is 1. The lowest BCUT2D eigenvalue weighted by Crippen LogP contribution is -2.18. The molecule has 1 aromatic heterocycles. The van der Waals surface area contributed by atoms with Crippen LogP contribution < -0.4 is 11.1 Å². The number of allylic oxidation sites excluding steroid dienone is 3. The molecule has 0 aliphatic rings. The molecule has 0 radical (unpaired) electrons. The lowest BCUT2D eigenvalue weighted by atomic mass is 9.98. The zero-order valence-corrected chi connectivity index (χ0v) is 17.1. The molecular formula is C22H33N3O. The predicted octanol–water partition coefficient (Wildman–Crippen LogP) is 5.06. The van der Waals surface area contributed by atoms with E-state index in [1.54, 1.807) is 6.20 Å². The first-order valence-electron chi connectivity index (χ1n) is 9.25. The van der Waals surface area contributed by atoms with E-state index >= 15 is 0 Å². The van der Waals surface area contributed by atoms with E-state index in [9.17, 15) is 4.79 Å². The fourth-order valence-electron chi connectivity index (χ4n) is 2.63. The Kier molecular flexibility index (Phi) is 8.30. The summed E-state index contributed by atoms with van der Waals surface area (Å²) in [7, 11) is 0. The maximum Gasteiger partial charge on any atom is 0.250 e. The van der Waals surface area contributed by atoms with Gasteiger partial charge in [-0.25, -0.2) is 0 Å². The van der Waals surface area contributed by atoms with E-state index in [1.165, 1.54) is 5.57 Å². The minimum absolute atomic E-state index is 0.392. The summed E-state index contributed by atoms with van der Waals surface area (Å²) in [6.45, 7) is 16.6. The number of hydrogen-bond acceptors (Lipinski definition) is 3. The standard InChI is InChI=1S/C22H33N3O/c1-8-21-17(6)11-19(13-24-21)25-18(7)20(22(23)26)12-16(5)15(4)10-9-14(2)3/h11-14,25H,7-10H2,1-6H3,(H2,23,26)/b16-15+,20-12+. The van der Waals surface area contributed by atoms with Crippen LogP contribution in [-0.2, 0) is 11.2 Å². The number of aromatic nitrogens is 1. The van der Waals surface area contributed by atoms with Gasteiger partial charge in [0, 0.05) is 11.4 Å². The molecule has 0 saturated heterocycles. The molecule has 4 nitrogen and oxygen atoms in total. The van der Waals surface area contributed by atoms with Crippen molar-refractivity contribution in [2.24, 2.45) is 11.7 Å². The highest BCUT2D eigenvalue weighted by Crippen LogP contribution is 2.21. The number of nitrogens with two attached hydrogens (primary N) is 1. The Hall–Kier alpha value is -2.36. The summed E-state index contributed by atoms with van der Waals surface area (Å²) in [5.74, 6) is 0.157. The molecule has 0 aromatic carbocycles. The second-order valence-corrected chi connectivity index (χ2v) is 7.26. The number of carbonyl (C=O) groups excluding carboxylic acids is 1. The number of amides is 1. The number of nitrogens with one attached hydrogen (secondary N) is 1. The summed E-state index contributed by atoms with van der Waals surface area (Å²) in [6, 6.07) is 2.01. The Balaban J connectivity index is 3.01. The van der Waals surface area contributed by atoms with Gasteiger partial charge >= 0.3 is 0 Å². The van der Waals surface area contributed by atoms with Crippen LogP contribution in [0.4, 0.5) is 5.69 Å². The fourth-order valence-corrected chi connectivity index (χ4v) is 2.63. The molecule has 1 rings (SSSR count). The van der Waals surface area contributed by atoms with Gasteiger partial charge in [-0.15, -0.1) is 0 Å². The summed E-state index contributed by atoms with van der Waals surface area (Å²) < 4.78 is 0. The predicted molar refractivity (Wildman–Crippen MR) is 111 cm³/mol. The van der Waals surface area contributed by atoms with Crippen LogP contribution in [0, 0.1) is 12.8 Å². The molecule has 0 saturated carbocycles. The van der Waals surface area contributed by atoms with E-state index in [0.29, 0.717) is 17.2 Å². The number of primary amides is 1. The fraction of sp³-hybridized carbons (Fsp3) is 0.455. The highest BCUT2D eigenvalue weighted by molar-refractivity contribution is 5.97. The van der Waals surface area contributed by atoms with Crippen molar-refractivity contribution in [3.05, 3.63) is 58.6 Å². The third-order valence-corrected chi connectivity index (χ3v) is 4.54. The SMILES string of the molecule is C=C(Nc1cnc(CC)c(C)c1)/C(=C\C(C)=C(/C)CCC(C)C)C(N)=O. The second kappa shape index (κ2) is 9.95. The van der Waals surface area contributed by atoms with E-state index in [0.717, 1.165) is 41.8 Å². The highest BCUT2D eigenvalue weighted by Gasteiger charge is 2.12. The van der Waals surface area contributed by atoms with Gasteiger partial charge in [0.25, 0.3) is 5.91 Å². The first kappa shape index (κ1) is 21.7. The molecule has 1 heterocycles. The van der Waals surface area contributed by atoms with Crippen LogP contribution in [0.1, 0.15) is 58.7 Å². The van der Waals surface area contributed by atoms with Gasteiger partial charge in [-0.05, 0) is 63.7 Å². The topological polar surface area (TPSA) is 68.0 Å². The molecule has 3 N–H and O–H groups in total. The van der Waals surface area contributed by atoms with Gasteiger partial charge < -0.3 is 11.1 Å². The Morgan fingerprint density at radius 3 is 2.54 bits per heavy atom. The van der Waals surface area contributed by atoms with Gasteiger partial charge in [-0.2, -0.15) is 0 Å². The molecule has 0 spiro atoms. The smallest absolute Gasteiger partial charge is 0.250 e. The largest absolute Gasteiger partial charge is 0.366 e. The number of nitrogens with zero attached hydrogens (tertiary/aromatic N) is 1. The molecule has 0 unspecified atom stereocenters. The van der Waals surface area contributed by atoms with Gasteiger partial charge in [0.15, 0.2) is 0 Å².